The number of carbonyl (C=O) groups is 1. The van der Waals surface area contributed by atoms with Crippen molar-refractivity contribution in [3.63, 3.8) is 0 Å². The fraction of sp³-hybridized carbons (Fsp3) is 0.227. The van der Waals surface area contributed by atoms with Crippen molar-refractivity contribution in [2.24, 2.45) is 5.10 Å². The molecule has 1 aliphatic rings. The fourth-order valence-corrected chi connectivity index (χ4v) is 4.14. The van der Waals surface area contributed by atoms with Gasteiger partial charge in [-0.15, -0.1) is 11.3 Å². The summed E-state index contributed by atoms with van der Waals surface area (Å²) < 4.78 is 5.07. The van der Waals surface area contributed by atoms with E-state index in [2.05, 4.69) is 36.2 Å². The summed E-state index contributed by atoms with van der Waals surface area (Å²) in [5, 5.41) is 9.84. The molecule has 5 nitrogen and oxygen atoms in total. The van der Waals surface area contributed by atoms with E-state index in [4.69, 9.17) is 21.4 Å². The fourth-order valence-electron chi connectivity index (χ4n) is 3.22. The predicted octanol–water partition coefficient (Wildman–Crippen LogP) is 5.64. The smallest absolute Gasteiger partial charge is 0.357 e. The Balaban J connectivity index is 1.70. The van der Waals surface area contributed by atoms with Crippen LogP contribution in [0.15, 0.2) is 59.0 Å². The summed E-state index contributed by atoms with van der Waals surface area (Å²) in [5.74, 6) is -0.414. The Hall–Kier alpha value is -2.70. The normalized spacial score (nSPS) is 16.0. The van der Waals surface area contributed by atoms with Crippen LogP contribution in [-0.2, 0) is 4.74 Å². The van der Waals surface area contributed by atoms with Crippen LogP contribution in [0.4, 0.5) is 5.13 Å². The van der Waals surface area contributed by atoms with Gasteiger partial charge in [0.2, 0.25) is 5.13 Å². The third-order valence-corrected chi connectivity index (χ3v) is 5.80. The van der Waals surface area contributed by atoms with Crippen LogP contribution in [0, 0.1) is 6.92 Å². The first-order valence-corrected chi connectivity index (χ1v) is 10.6. The number of esters is 1. The van der Waals surface area contributed by atoms with Gasteiger partial charge in [-0.3, -0.25) is 0 Å². The summed E-state index contributed by atoms with van der Waals surface area (Å²) >= 11 is 7.43. The molecule has 4 rings (SSSR count). The van der Waals surface area contributed by atoms with E-state index in [9.17, 15) is 4.79 Å². The lowest BCUT2D eigenvalue weighted by Crippen LogP contribution is -2.18. The zero-order chi connectivity index (χ0) is 20.4. The van der Waals surface area contributed by atoms with Crippen LogP contribution >= 0.6 is 22.9 Å². The van der Waals surface area contributed by atoms with E-state index >= 15 is 0 Å². The van der Waals surface area contributed by atoms with Crippen LogP contribution in [0.25, 0.3) is 0 Å². The van der Waals surface area contributed by atoms with Crippen molar-refractivity contribution < 1.29 is 9.53 Å². The highest BCUT2D eigenvalue weighted by atomic mass is 35.5. The lowest BCUT2D eigenvalue weighted by Gasteiger charge is -2.21. The molecule has 3 aromatic rings. The van der Waals surface area contributed by atoms with E-state index < -0.39 is 5.97 Å². The van der Waals surface area contributed by atoms with Crippen molar-refractivity contribution in [1.29, 1.82) is 0 Å². The second kappa shape index (κ2) is 8.35. The number of anilines is 1. The maximum atomic E-state index is 12.0. The average molecular weight is 426 g/mol. The van der Waals surface area contributed by atoms with Gasteiger partial charge in [0.25, 0.3) is 0 Å². The number of aromatic nitrogens is 1. The number of halogens is 1. The Kier molecular flexibility index (Phi) is 5.65. The quantitative estimate of drug-likeness (QED) is 0.496. The first-order valence-electron chi connectivity index (χ1n) is 9.37. The number of rotatable bonds is 5. The van der Waals surface area contributed by atoms with Gasteiger partial charge in [-0.25, -0.2) is 14.8 Å². The molecule has 29 heavy (non-hydrogen) atoms. The Bertz CT molecular complexity index is 1040. The lowest BCUT2D eigenvalue weighted by molar-refractivity contribution is 0.0520. The molecule has 0 saturated heterocycles. The van der Waals surface area contributed by atoms with Gasteiger partial charge in [0.1, 0.15) is 0 Å². The highest BCUT2D eigenvalue weighted by Crippen LogP contribution is 2.38. The molecular formula is C22H20ClN3O2S. The molecule has 1 unspecified atom stereocenters. The van der Waals surface area contributed by atoms with Crippen LogP contribution < -0.4 is 5.01 Å². The van der Waals surface area contributed by atoms with Gasteiger partial charge in [-0.05, 0) is 37.1 Å². The monoisotopic (exact) mass is 425 g/mol. The van der Waals surface area contributed by atoms with Crippen molar-refractivity contribution in [2.75, 3.05) is 11.6 Å². The van der Waals surface area contributed by atoms with Crippen molar-refractivity contribution in [3.8, 4) is 0 Å². The zero-order valence-corrected chi connectivity index (χ0v) is 17.7. The van der Waals surface area contributed by atoms with Crippen LogP contribution in [0.5, 0.6) is 0 Å². The van der Waals surface area contributed by atoms with Crippen LogP contribution in [0.3, 0.4) is 0 Å². The molecule has 148 valence electrons. The van der Waals surface area contributed by atoms with Crippen LogP contribution in [0.2, 0.25) is 5.02 Å². The average Bonchev–Trinajstić information content (AvgIpc) is 3.37. The number of hydrogen-bond acceptors (Lipinski definition) is 6. The van der Waals surface area contributed by atoms with Crippen LogP contribution in [-0.4, -0.2) is 23.3 Å². The van der Waals surface area contributed by atoms with Gasteiger partial charge in [-0.2, -0.15) is 5.10 Å². The largest absolute Gasteiger partial charge is 0.461 e. The standard InChI is InChI=1S/C22H20ClN3O2S/c1-3-28-21(27)19-13-29-22(24-19)26-20(16-6-4-14(2)5-7-16)12-18(25-26)15-8-10-17(23)11-9-15/h4-11,13,20H,3,12H2,1-2H3. The molecule has 0 spiro atoms. The number of benzene rings is 2. The van der Waals surface area contributed by atoms with Gasteiger partial charge in [0, 0.05) is 16.8 Å². The molecule has 7 heteroatoms. The summed E-state index contributed by atoms with van der Waals surface area (Å²) in [6, 6.07) is 16.1. The molecule has 1 atom stereocenters. The first kappa shape index (κ1) is 19.6. The number of ether oxygens (including phenoxy) is 1. The van der Waals surface area contributed by atoms with Gasteiger partial charge < -0.3 is 4.74 Å². The second-order valence-electron chi connectivity index (χ2n) is 6.76. The molecule has 0 radical (unpaired) electrons. The summed E-state index contributed by atoms with van der Waals surface area (Å²) in [7, 11) is 0. The maximum absolute atomic E-state index is 12.0. The molecule has 1 aromatic heterocycles. The van der Waals surface area contributed by atoms with E-state index in [0.29, 0.717) is 22.5 Å². The third-order valence-electron chi connectivity index (χ3n) is 4.72. The molecule has 0 saturated carbocycles. The van der Waals surface area contributed by atoms with E-state index in [1.807, 2.05) is 29.3 Å². The lowest BCUT2D eigenvalue weighted by atomic mass is 9.98. The molecular weight excluding hydrogens is 406 g/mol. The van der Waals surface area contributed by atoms with Gasteiger partial charge in [0.05, 0.1) is 18.4 Å². The Morgan fingerprint density at radius 3 is 2.62 bits per heavy atom. The van der Waals surface area contributed by atoms with Gasteiger partial charge in [-0.1, -0.05) is 53.6 Å². The number of aryl methyl sites for hydroxylation is 1. The molecule has 0 amide bonds. The van der Waals surface area contributed by atoms with Gasteiger partial charge >= 0.3 is 5.97 Å². The van der Waals surface area contributed by atoms with Crippen molar-refractivity contribution in [1.82, 2.24) is 4.98 Å². The van der Waals surface area contributed by atoms with E-state index in [1.54, 1.807) is 12.3 Å². The van der Waals surface area contributed by atoms with E-state index in [-0.39, 0.29) is 6.04 Å². The zero-order valence-electron chi connectivity index (χ0n) is 16.1. The molecule has 0 fully saturated rings. The maximum Gasteiger partial charge on any atom is 0.357 e. The topological polar surface area (TPSA) is 54.8 Å². The molecule has 2 heterocycles. The SMILES string of the molecule is CCOC(=O)c1csc(N2N=C(c3ccc(Cl)cc3)CC2c2ccc(C)cc2)n1. The van der Waals surface area contributed by atoms with Crippen molar-refractivity contribution in [3.05, 3.63) is 81.3 Å². The summed E-state index contributed by atoms with van der Waals surface area (Å²) in [6.45, 7) is 4.17. The highest BCUT2D eigenvalue weighted by molar-refractivity contribution is 7.13. The third kappa shape index (κ3) is 4.18. The van der Waals surface area contributed by atoms with Crippen LogP contribution in [0.1, 0.15) is 46.6 Å². The molecule has 0 N–H and O–H groups in total. The van der Waals surface area contributed by atoms with E-state index in [1.165, 1.54) is 16.9 Å². The summed E-state index contributed by atoms with van der Waals surface area (Å²) in [6.07, 6.45) is 0.735. The molecule has 0 aliphatic carbocycles. The molecule has 1 aliphatic heterocycles. The van der Waals surface area contributed by atoms with Crippen molar-refractivity contribution in [2.45, 2.75) is 26.3 Å². The Morgan fingerprint density at radius 1 is 1.21 bits per heavy atom. The minimum Gasteiger partial charge on any atom is -0.461 e. The number of thiazole rings is 1. The second-order valence-corrected chi connectivity index (χ2v) is 8.04. The number of hydrazone groups is 1. The Morgan fingerprint density at radius 2 is 1.93 bits per heavy atom. The summed E-state index contributed by atoms with van der Waals surface area (Å²) in [4.78, 5) is 16.5. The minimum atomic E-state index is -0.414. The molecule has 2 aromatic carbocycles. The van der Waals surface area contributed by atoms with E-state index in [0.717, 1.165) is 23.3 Å². The first-order chi connectivity index (χ1) is 14.0. The van der Waals surface area contributed by atoms with Crippen molar-refractivity contribution >= 4 is 39.8 Å². The minimum absolute atomic E-state index is 0.00229. The Labute approximate surface area is 178 Å². The summed E-state index contributed by atoms with van der Waals surface area (Å²) in [5.41, 5.74) is 4.65. The number of hydrogen-bond donors (Lipinski definition) is 0. The predicted molar refractivity (Wildman–Crippen MR) is 117 cm³/mol. The molecule has 0 bridgehead atoms. The van der Waals surface area contributed by atoms with Gasteiger partial charge in [0.15, 0.2) is 5.69 Å². The number of nitrogens with zero attached hydrogens (tertiary/aromatic N) is 3. The number of carbonyl (C=O) groups excluding carboxylic acids is 1. The highest BCUT2D eigenvalue weighted by Gasteiger charge is 2.32.